The van der Waals surface area contributed by atoms with Gasteiger partial charge in [-0.25, -0.2) is 0 Å². The molecule has 7 nitrogen and oxygen atoms in total. The van der Waals surface area contributed by atoms with E-state index in [1.165, 1.54) is 16.7 Å². The van der Waals surface area contributed by atoms with Crippen LogP contribution >= 0.6 is 0 Å². The lowest BCUT2D eigenvalue weighted by Gasteiger charge is -2.38. The van der Waals surface area contributed by atoms with E-state index in [1.54, 1.807) is 0 Å². The van der Waals surface area contributed by atoms with Gasteiger partial charge in [-0.15, -0.1) is 0 Å². The van der Waals surface area contributed by atoms with E-state index in [0.29, 0.717) is 31.0 Å². The number of carbonyl (C=O) groups is 1. The Bertz CT molecular complexity index is 1190. The van der Waals surface area contributed by atoms with Crippen molar-refractivity contribution in [2.24, 2.45) is 0 Å². The average Bonchev–Trinajstić information content (AvgIpc) is 3.30. The minimum Gasteiger partial charge on any atom is -0.493 e. The van der Waals surface area contributed by atoms with E-state index >= 15 is 0 Å². The predicted molar refractivity (Wildman–Crippen MR) is 143 cm³/mol. The Morgan fingerprint density at radius 3 is 2.51 bits per heavy atom. The lowest BCUT2D eigenvalue weighted by atomic mass is 10.0. The number of ether oxygens (including phenoxy) is 2. The number of amides is 1. The molecule has 0 N–H and O–H groups in total. The molecule has 37 heavy (non-hydrogen) atoms. The van der Waals surface area contributed by atoms with Gasteiger partial charge in [-0.1, -0.05) is 42.5 Å². The molecule has 0 spiro atoms. The fourth-order valence-electron chi connectivity index (χ4n) is 5.79. The van der Waals surface area contributed by atoms with E-state index in [-0.39, 0.29) is 11.9 Å². The molecule has 0 bridgehead atoms. The van der Waals surface area contributed by atoms with Crippen molar-refractivity contribution < 1.29 is 14.3 Å². The number of benzene rings is 2. The van der Waals surface area contributed by atoms with Crippen molar-refractivity contribution in [1.29, 1.82) is 0 Å². The zero-order valence-electron chi connectivity index (χ0n) is 21.2. The Hall–Kier alpha value is -3.26. The van der Waals surface area contributed by atoms with Crippen LogP contribution < -0.4 is 4.74 Å². The van der Waals surface area contributed by atoms with Gasteiger partial charge in [0.25, 0.3) is 5.91 Å². The molecular weight excluding hydrogens is 464 g/mol. The van der Waals surface area contributed by atoms with Gasteiger partial charge >= 0.3 is 0 Å². The zero-order valence-corrected chi connectivity index (χ0v) is 21.2. The molecular formula is C30H34N4O3. The standard InChI is InChI=1S/C30H34N4O3/c35-30(25-9-3-4-11-27(25)37-20-6-13-32-18-21-36-22-19-32)34-16-14-33(15-17-34)29-24-8-2-1-7-23(24)28-26(29)10-5-12-31-28/h1-5,7-12,29H,6,13-22H2. The molecule has 1 aromatic heterocycles. The van der Waals surface area contributed by atoms with Crippen LogP contribution in [0.1, 0.15) is 33.9 Å². The monoisotopic (exact) mass is 498 g/mol. The molecule has 1 unspecified atom stereocenters. The lowest BCUT2D eigenvalue weighted by Crippen LogP contribution is -2.49. The van der Waals surface area contributed by atoms with Crippen LogP contribution in [-0.2, 0) is 4.74 Å². The minimum absolute atomic E-state index is 0.0531. The van der Waals surface area contributed by atoms with E-state index < -0.39 is 0 Å². The number of nitrogens with zero attached hydrogens (tertiary/aromatic N) is 4. The quantitative estimate of drug-likeness (QED) is 0.463. The molecule has 2 fully saturated rings. The summed E-state index contributed by atoms with van der Waals surface area (Å²) in [6, 6.07) is 20.6. The largest absolute Gasteiger partial charge is 0.493 e. The van der Waals surface area contributed by atoms with Crippen molar-refractivity contribution >= 4 is 5.91 Å². The van der Waals surface area contributed by atoms with Crippen LogP contribution in [0.25, 0.3) is 11.3 Å². The fraction of sp³-hybridized carbons (Fsp3) is 0.400. The summed E-state index contributed by atoms with van der Waals surface area (Å²) in [5, 5.41) is 0. The number of para-hydroxylation sites is 1. The van der Waals surface area contributed by atoms with Crippen molar-refractivity contribution in [2.45, 2.75) is 12.5 Å². The molecule has 1 amide bonds. The van der Waals surface area contributed by atoms with Crippen molar-refractivity contribution in [1.82, 2.24) is 19.7 Å². The van der Waals surface area contributed by atoms with Crippen molar-refractivity contribution in [3.63, 3.8) is 0 Å². The van der Waals surface area contributed by atoms with Gasteiger partial charge in [-0.05, 0) is 30.2 Å². The normalized spacial score (nSPS) is 19.9. The van der Waals surface area contributed by atoms with Crippen LogP contribution in [-0.4, -0.2) is 91.2 Å². The maximum atomic E-state index is 13.5. The fourth-order valence-corrected chi connectivity index (χ4v) is 5.79. The Labute approximate surface area is 218 Å². The maximum Gasteiger partial charge on any atom is 0.257 e. The van der Waals surface area contributed by atoms with Gasteiger partial charge in [-0.2, -0.15) is 0 Å². The number of morpholine rings is 1. The molecule has 192 valence electrons. The molecule has 3 heterocycles. The highest BCUT2D eigenvalue weighted by molar-refractivity contribution is 5.97. The predicted octanol–water partition coefficient (Wildman–Crippen LogP) is 3.71. The maximum absolute atomic E-state index is 13.5. The molecule has 0 saturated carbocycles. The van der Waals surface area contributed by atoms with E-state index in [4.69, 9.17) is 9.47 Å². The van der Waals surface area contributed by atoms with Gasteiger partial charge in [0.1, 0.15) is 5.75 Å². The number of fused-ring (bicyclic) bond motifs is 3. The van der Waals surface area contributed by atoms with Gasteiger partial charge in [-0.3, -0.25) is 19.6 Å². The molecule has 6 rings (SSSR count). The first-order chi connectivity index (χ1) is 18.3. The first-order valence-corrected chi connectivity index (χ1v) is 13.4. The third-order valence-electron chi connectivity index (χ3n) is 7.71. The highest BCUT2D eigenvalue weighted by Gasteiger charge is 2.36. The van der Waals surface area contributed by atoms with Crippen LogP contribution in [0.4, 0.5) is 0 Å². The summed E-state index contributed by atoms with van der Waals surface area (Å²) in [6.07, 6.45) is 2.80. The Morgan fingerprint density at radius 1 is 0.892 bits per heavy atom. The lowest BCUT2D eigenvalue weighted by molar-refractivity contribution is 0.0357. The van der Waals surface area contributed by atoms with Crippen molar-refractivity contribution in [3.05, 3.63) is 83.6 Å². The van der Waals surface area contributed by atoms with Crippen molar-refractivity contribution in [2.75, 3.05) is 65.6 Å². The molecule has 3 aliphatic rings. The molecule has 1 aliphatic carbocycles. The smallest absolute Gasteiger partial charge is 0.257 e. The summed E-state index contributed by atoms with van der Waals surface area (Å²) in [5.41, 5.74) is 5.54. The van der Waals surface area contributed by atoms with Crippen molar-refractivity contribution in [3.8, 4) is 17.0 Å². The number of piperazine rings is 1. The van der Waals surface area contributed by atoms with E-state index in [1.807, 2.05) is 41.4 Å². The van der Waals surface area contributed by atoms with E-state index in [9.17, 15) is 4.79 Å². The second-order valence-electron chi connectivity index (χ2n) is 9.91. The van der Waals surface area contributed by atoms with Gasteiger partial charge < -0.3 is 14.4 Å². The third kappa shape index (κ3) is 4.99. The molecule has 3 aromatic rings. The number of hydrogen-bond acceptors (Lipinski definition) is 6. The molecule has 2 aliphatic heterocycles. The second kappa shape index (κ2) is 11.0. The Kier molecular flexibility index (Phi) is 7.17. The summed E-state index contributed by atoms with van der Waals surface area (Å²) in [5.74, 6) is 0.735. The number of hydrogen-bond donors (Lipinski definition) is 0. The summed E-state index contributed by atoms with van der Waals surface area (Å²) in [4.78, 5) is 25.1. The second-order valence-corrected chi connectivity index (χ2v) is 9.91. The molecule has 0 radical (unpaired) electrons. The summed E-state index contributed by atoms with van der Waals surface area (Å²) < 4.78 is 11.5. The highest BCUT2D eigenvalue weighted by Crippen LogP contribution is 2.45. The van der Waals surface area contributed by atoms with Crippen LogP contribution in [0.3, 0.4) is 0 Å². The Balaban J connectivity index is 1.08. The summed E-state index contributed by atoms with van der Waals surface area (Å²) >= 11 is 0. The number of rotatable bonds is 7. The van der Waals surface area contributed by atoms with Gasteiger partial charge in [0.05, 0.1) is 37.1 Å². The molecule has 2 aromatic carbocycles. The average molecular weight is 499 g/mol. The van der Waals surface area contributed by atoms with Gasteiger partial charge in [0, 0.05) is 63.1 Å². The molecule has 7 heteroatoms. The first-order valence-electron chi connectivity index (χ1n) is 13.4. The van der Waals surface area contributed by atoms with Crippen LogP contribution in [0, 0.1) is 0 Å². The SMILES string of the molecule is O=C(c1ccccc1OCCCN1CCOCC1)N1CCN(C2c3ccccc3-c3ncccc32)CC1. The molecule has 2 saturated heterocycles. The minimum atomic E-state index is 0.0531. The first kappa shape index (κ1) is 24.1. The van der Waals surface area contributed by atoms with Crippen LogP contribution in [0.2, 0.25) is 0 Å². The topological polar surface area (TPSA) is 58.1 Å². The summed E-state index contributed by atoms with van der Waals surface area (Å²) in [6.45, 7) is 8.20. The van der Waals surface area contributed by atoms with E-state index in [0.717, 1.165) is 58.1 Å². The van der Waals surface area contributed by atoms with E-state index in [2.05, 4.69) is 45.1 Å². The van der Waals surface area contributed by atoms with Gasteiger partial charge in [0.15, 0.2) is 0 Å². The van der Waals surface area contributed by atoms with Gasteiger partial charge in [0.2, 0.25) is 0 Å². The Morgan fingerprint density at radius 2 is 1.65 bits per heavy atom. The van der Waals surface area contributed by atoms with Crippen LogP contribution in [0.15, 0.2) is 66.9 Å². The third-order valence-corrected chi connectivity index (χ3v) is 7.71. The molecule has 1 atom stereocenters. The summed E-state index contributed by atoms with van der Waals surface area (Å²) in [7, 11) is 0. The van der Waals surface area contributed by atoms with Crippen LogP contribution in [0.5, 0.6) is 5.75 Å². The number of aromatic nitrogens is 1. The number of carbonyl (C=O) groups excluding carboxylic acids is 1. The zero-order chi connectivity index (χ0) is 25.0. The number of pyridine rings is 1. The highest BCUT2D eigenvalue weighted by atomic mass is 16.5.